The third-order valence-corrected chi connectivity index (χ3v) is 2.27. The molecule has 13 heavy (non-hydrogen) atoms. The van der Waals surface area contributed by atoms with Crippen LogP contribution in [0.4, 0.5) is 0 Å². The number of β-amino-alcohol motifs (C(OH)–C–C–N with tert-alkyl or cyclic N) is 2. The highest BCUT2D eigenvalue weighted by Crippen LogP contribution is 2.10. The Morgan fingerprint density at radius 2 is 1.69 bits per heavy atom. The first-order valence-corrected chi connectivity index (χ1v) is 4.31. The quantitative estimate of drug-likeness (QED) is 0.538. The molecule has 1 heterocycles. The fourth-order valence-corrected chi connectivity index (χ4v) is 1.45. The van der Waals surface area contributed by atoms with E-state index in [4.69, 9.17) is 9.47 Å². The first kappa shape index (κ1) is 10.9. The standard InChI is InChI=1S/C8H17NO4/c1-12-8(13-2)5-9-3-6(10)7(11)4-9/h6-8,10-11H,3-5H2,1-2H3/t6-,7+. The number of methoxy groups -OCH3 is 2. The topological polar surface area (TPSA) is 62.2 Å². The highest BCUT2D eigenvalue weighted by Gasteiger charge is 2.30. The normalized spacial score (nSPS) is 30.2. The predicted molar refractivity (Wildman–Crippen MR) is 46.3 cm³/mol. The van der Waals surface area contributed by atoms with Gasteiger partial charge in [-0.1, -0.05) is 0 Å². The number of likely N-dealkylation sites (tertiary alicyclic amines) is 1. The van der Waals surface area contributed by atoms with Crippen molar-refractivity contribution in [2.75, 3.05) is 33.9 Å². The number of aliphatic hydroxyl groups excluding tert-OH is 2. The predicted octanol–water partition coefficient (Wildman–Crippen LogP) is -1.36. The summed E-state index contributed by atoms with van der Waals surface area (Å²) < 4.78 is 10.0. The van der Waals surface area contributed by atoms with Crippen LogP contribution in [0.3, 0.4) is 0 Å². The van der Waals surface area contributed by atoms with Gasteiger partial charge in [0.25, 0.3) is 0 Å². The monoisotopic (exact) mass is 191 g/mol. The molecule has 0 saturated carbocycles. The van der Waals surface area contributed by atoms with Gasteiger partial charge < -0.3 is 19.7 Å². The maximum atomic E-state index is 9.25. The van der Waals surface area contributed by atoms with Gasteiger partial charge in [-0.3, -0.25) is 4.90 Å². The van der Waals surface area contributed by atoms with Crippen LogP contribution < -0.4 is 0 Å². The molecule has 1 saturated heterocycles. The van der Waals surface area contributed by atoms with Crippen molar-refractivity contribution in [1.29, 1.82) is 0 Å². The van der Waals surface area contributed by atoms with Gasteiger partial charge in [-0.2, -0.15) is 0 Å². The summed E-state index contributed by atoms with van der Waals surface area (Å²) in [4.78, 5) is 1.91. The lowest BCUT2D eigenvalue weighted by molar-refractivity contribution is -0.115. The largest absolute Gasteiger partial charge is 0.389 e. The van der Waals surface area contributed by atoms with Crippen LogP contribution in [0.25, 0.3) is 0 Å². The lowest BCUT2D eigenvalue weighted by Crippen LogP contribution is -2.33. The number of ether oxygens (including phenoxy) is 2. The summed E-state index contributed by atoms with van der Waals surface area (Å²) in [5.74, 6) is 0. The molecule has 5 nitrogen and oxygen atoms in total. The lowest BCUT2D eigenvalue weighted by Gasteiger charge is -2.20. The molecule has 2 atom stereocenters. The van der Waals surface area contributed by atoms with Gasteiger partial charge in [-0.15, -0.1) is 0 Å². The van der Waals surface area contributed by atoms with Crippen LogP contribution in [0.2, 0.25) is 0 Å². The zero-order chi connectivity index (χ0) is 9.84. The third kappa shape index (κ3) is 2.89. The number of hydrogen-bond acceptors (Lipinski definition) is 5. The molecule has 0 aliphatic carbocycles. The van der Waals surface area contributed by atoms with Crippen molar-refractivity contribution in [2.24, 2.45) is 0 Å². The Hall–Kier alpha value is -0.200. The first-order valence-electron chi connectivity index (χ1n) is 4.31. The Morgan fingerprint density at radius 1 is 1.23 bits per heavy atom. The highest BCUT2D eigenvalue weighted by molar-refractivity contribution is 4.83. The molecule has 1 aliphatic heterocycles. The van der Waals surface area contributed by atoms with Crippen LogP contribution in [0.15, 0.2) is 0 Å². The molecule has 0 aromatic rings. The molecular formula is C8H17NO4. The number of hydrogen-bond donors (Lipinski definition) is 2. The molecule has 1 rings (SSSR count). The van der Waals surface area contributed by atoms with Crippen LogP contribution in [0.1, 0.15) is 0 Å². The lowest BCUT2D eigenvalue weighted by atomic mass is 10.3. The Labute approximate surface area is 77.9 Å². The van der Waals surface area contributed by atoms with Gasteiger partial charge in [0.15, 0.2) is 6.29 Å². The summed E-state index contributed by atoms with van der Waals surface area (Å²) in [7, 11) is 3.13. The van der Waals surface area contributed by atoms with Crippen LogP contribution in [-0.2, 0) is 9.47 Å². The van der Waals surface area contributed by atoms with E-state index < -0.39 is 12.2 Å². The molecule has 0 bridgehead atoms. The SMILES string of the molecule is COC(CN1C[C@@H](O)[C@@H](O)C1)OC. The van der Waals surface area contributed by atoms with E-state index in [-0.39, 0.29) is 6.29 Å². The van der Waals surface area contributed by atoms with Crippen LogP contribution >= 0.6 is 0 Å². The van der Waals surface area contributed by atoms with Crippen molar-refractivity contribution in [3.05, 3.63) is 0 Å². The van der Waals surface area contributed by atoms with Gasteiger partial charge in [0.2, 0.25) is 0 Å². The van der Waals surface area contributed by atoms with Crippen LogP contribution in [-0.4, -0.2) is 67.5 Å². The Morgan fingerprint density at radius 3 is 2.08 bits per heavy atom. The summed E-state index contributed by atoms with van der Waals surface area (Å²) in [5, 5.41) is 18.5. The molecular weight excluding hydrogens is 174 g/mol. The highest BCUT2D eigenvalue weighted by atomic mass is 16.7. The second-order valence-corrected chi connectivity index (χ2v) is 3.25. The molecule has 0 aromatic heterocycles. The van der Waals surface area contributed by atoms with Gasteiger partial charge in [0, 0.05) is 33.9 Å². The van der Waals surface area contributed by atoms with Crippen molar-refractivity contribution >= 4 is 0 Å². The molecule has 0 spiro atoms. The minimum atomic E-state index is -0.644. The van der Waals surface area contributed by atoms with Crippen molar-refractivity contribution in [3.8, 4) is 0 Å². The molecule has 1 aliphatic rings. The van der Waals surface area contributed by atoms with Crippen molar-refractivity contribution in [3.63, 3.8) is 0 Å². The number of rotatable bonds is 4. The minimum Gasteiger partial charge on any atom is -0.389 e. The second kappa shape index (κ2) is 4.88. The van der Waals surface area contributed by atoms with Gasteiger partial charge in [0.1, 0.15) is 0 Å². The molecule has 0 amide bonds. The molecule has 2 N–H and O–H groups in total. The van der Waals surface area contributed by atoms with Crippen molar-refractivity contribution in [1.82, 2.24) is 4.90 Å². The van der Waals surface area contributed by atoms with E-state index in [2.05, 4.69) is 0 Å². The maximum Gasteiger partial charge on any atom is 0.169 e. The van der Waals surface area contributed by atoms with E-state index in [1.807, 2.05) is 4.90 Å². The summed E-state index contributed by atoms with van der Waals surface area (Å²) in [6, 6.07) is 0. The van der Waals surface area contributed by atoms with Crippen LogP contribution in [0.5, 0.6) is 0 Å². The summed E-state index contributed by atoms with van der Waals surface area (Å²) in [5.41, 5.74) is 0. The van der Waals surface area contributed by atoms with Gasteiger partial charge in [-0.05, 0) is 0 Å². The van der Waals surface area contributed by atoms with E-state index in [9.17, 15) is 10.2 Å². The molecule has 0 radical (unpaired) electrons. The molecule has 5 heteroatoms. The molecule has 0 unspecified atom stereocenters. The van der Waals surface area contributed by atoms with E-state index in [1.54, 1.807) is 14.2 Å². The summed E-state index contributed by atoms with van der Waals surface area (Å²) in [6.07, 6.45) is -1.58. The molecule has 78 valence electrons. The van der Waals surface area contributed by atoms with E-state index in [1.165, 1.54) is 0 Å². The first-order chi connectivity index (χ1) is 6.17. The van der Waals surface area contributed by atoms with Gasteiger partial charge in [-0.25, -0.2) is 0 Å². The van der Waals surface area contributed by atoms with Crippen LogP contribution in [0, 0.1) is 0 Å². The Bertz CT molecular complexity index is 141. The Kier molecular flexibility index (Phi) is 4.08. The van der Waals surface area contributed by atoms with Crippen molar-refractivity contribution in [2.45, 2.75) is 18.5 Å². The summed E-state index contributed by atoms with van der Waals surface area (Å²) in [6.45, 7) is 1.52. The zero-order valence-electron chi connectivity index (χ0n) is 8.01. The summed E-state index contributed by atoms with van der Waals surface area (Å²) >= 11 is 0. The average Bonchev–Trinajstić information content (AvgIpc) is 2.42. The fraction of sp³-hybridized carbons (Fsp3) is 1.00. The molecule has 1 fully saturated rings. The zero-order valence-corrected chi connectivity index (χ0v) is 8.01. The van der Waals surface area contributed by atoms with Gasteiger partial charge in [0.05, 0.1) is 12.2 Å². The number of nitrogens with zero attached hydrogens (tertiary/aromatic N) is 1. The minimum absolute atomic E-state index is 0.294. The van der Waals surface area contributed by atoms with Gasteiger partial charge >= 0.3 is 0 Å². The van der Waals surface area contributed by atoms with E-state index in [0.717, 1.165) is 0 Å². The second-order valence-electron chi connectivity index (χ2n) is 3.25. The smallest absolute Gasteiger partial charge is 0.169 e. The number of aliphatic hydroxyl groups is 2. The third-order valence-electron chi connectivity index (χ3n) is 2.27. The Balaban J connectivity index is 2.30. The molecule has 0 aromatic carbocycles. The average molecular weight is 191 g/mol. The van der Waals surface area contributed by atoms with Crippen molar-refractivity contribution < 1.29 is 19.7 Å². The van der Waals surface area contributed by atoms with E-state index in [0.29, 0.717) is 19.6 Å². The fourth-order valence-electron chi connectivity index (χ4n) is 1.45. The maximum absolute atomic E-state index is 9.25. The van der Waals surface area contributed by atoms with E-state index >= 15 is 0 Å².